The van der Waals surface area contributed by atoms with Crippen LogP contribution in [0.5, 0.6) is 0 Å². The summed E-state index contributed by atoms with van der Waals surface area (Å²) >= 11 is 4.63. The minimum absolute atomic E-state index is 0.591. The van der Waals surface area contributed by atoms with Gasteiger partial charge in [-0.1, -0.05) is 6.07 Å². The number of aromatic nitrogens is 1. The number of nitrogens with one attached hydrogen (secondary N) is 1. The maximum absolute atomic E-state index is 12.2. The third kappa shape index (κ3) is 6.44. The van der Waals surface area contributed by atoms with Crippen LogP contribution in [-0.4, -0.2) is 21.4 Å². The highest BCUT2D eigenvalue weighted by molar-refractivity contribution is 6.21. The Morgan fingerprint density at radius 2 is 1.87 bits per heavy atom. The van der Waals surface area contributed by atoms with Crippen LogP contribution in [0.1, 0.15) is 5.69 Å². The van der Waals surface area contributed by atoms with E-state index in [1.54, 1.807) is 0 Å². The topological polar surface area (TPSA) is 90.4 Å². The van der Waals surface area contributed by atoms with Gasteiger partial charge in [0.25, 0.3) is 0 Å². The van der Waals surface area contributed by atoms with E-state index in [2.05, 4.69) is 11.6 Å². The van der Waals surface area contributed by atoms with Crippen molar-refractivity contribution < 1.29 is 23.8 Å². The second kappa shape index (κ2) is 5.30. The van der Waals surface area contributed by atoms with Crippen LogP contribution >= 0.6 is 11.6 Å². The Hall–Kier alpha value is -1.63. The average molecular weight is 242 g/mol. The monoisotopic (exact) mass is 241 g/mol. The number of pyridine rings is 1. The van der Waals surface area contributed by atoms with Crippen LogP contribution in [0.4, 0.5) is 13.6 Å². The summed E-state index contributed by atoms with van der Waals surface area (Å²) in [5.41, 5.74) is -1.19. The van der Waals surface area contributed by atoms with Gasteiger partial charge in [0, 0.05) is 6.07 Å². The van der Waals surface area contributed by atoms with Crippen LogP contribution in [0.3, 0.4) is 0 Å². The van der Waals surface area contributed by atoms with Crippen LogP contribution in [0.25, 0.3) is 0 Å². The van der Waals surface area contributed by atoms with Gasteiger partial charge in [-0.25, -0.2) is 4.79 Å². The number of H-pyrrole nitrogens is 1. The van der Waals surface area contributed by atoms with Gasteiger partial charge in [0.15, 0.2) is 0 Å². The first kappa shape index (κ1) is 13.4. The van der Waals surface area contributed by atoms with Gasteiger partial charge in [-0.15, -0.1) is 0 Å². The van der Waals surface area contributed by atoms with E-state index in [1.807, 2.05) is 4.98 Å². The molecule has 1 heterocycles. The van der Waals surface area contributed by atoms with Crippen molar-refractivity contribution in [1.82, 2.24) is 4.98 Å². The number of aromatic amines is 1. The minimum Gasteiger partial charge on any atom is -0.450 e. The van der Waals surface area contributed by atoms with Gasteiger partial charge >= 0.3 is 11.5 Å². The lowest BCUT2D eigenvalue weighted by Crippen LogP contribution is -2.13. The molecule has 0 bridgehead atoms. The molecule has 1 rings (SSSR count). The van der Waals surface area contributed by atoms with E-state index in [9.17, 15) is 13.6 Å². The Bertz CT molecular complexity index is 383. The van der Waals surface area contributed by atoms with Crippen molar-refractivity contribution in [2.75, 3.05) is 0 Å². The molecule has 0 saturated carbocycles. The summed E-state index contributed by atoms with van der Waals surface area (Å²) in [5.74, 6) is 0. The molecular formula is C7H6ClF2NO4. The molecule has 0 saturated heterocycles. The molecule has 84 valence electrons. The fourth-order valence-corrected chi connectivity index (χ4v) is 0.723. The fraction of sp³-hybridized carbons (Fsp3) is 0.143. The molecule has 0 unspecified atom stereocenters. The molecule has 0 spiro atoms. The lowest BCUT2D eigenvalue weighted by Gasteiger charge is -2.05. The highest BCUT2D eigenvalue weighted by atomic mass is 35.5. The van der Waals surface area contributed by atoms with E-state index in [1.165, 1.54) is 6.07 Å². The van der Waals surface area contributed by atoms with E-state index in [-0.39, 0.29) is 0 Å². The van der Waals surface area contributed by atoms with Crippen molar-refractivity contribution in [3.8, 4) is 0 Å². The molecule has 5 nitrogen and oxygen atoms in total. The van der Waals surface area contributed by atoms with E-state index >= 15 is 0 Å². The number of hydrogen-bond acceptors (Lipinski definition) is 2. The summed E-state index contributed by atoms with van der Waals surface area (Å²) in [6, 6.07) is 3.39. The molecule has 0 aromatic carbocycles. The van der Waals surface area contributed by atoms with Gasteiger partial charge in [-0.2, -0.15) is 8.78 Å². The molecule has 1 aromatic heterocycles. The predicted molar refractivity (Wildman–Crippen MR) is 47.5 cm³/mol. The standard InChI is InChI=1S/C6H4ClF2NO.CH2O3/c7-6(8,9)4-2-1-3-5(11)10-4;2-1(3)4/h1-3H,(H,10,11);(H2,2,3,4). The third-order valence-electron chi connectivity index (χ3n) is 1.07. The summed E-state index contributed by atoms with van der Waals surface area (Å²) in [6.07, 6.45) is -1.83. The Labute approximate surface area is 86.9 Å². The van der Waals surface area contributed by atoms with Crippen molar-refractivity contribution in [1.29, 1.82) is 0 Å². The molecule has 15 heavy (non-hydrogen) atoms. The van der Waals surface area contributed by atoms with Gasteiger partial charge in [0.05, 0.1) is 0 Å². The number of carboxylic acid groups (broad SMARTS) is 2. The summed E-state index contributed by atoms with van der Waals surface area (Å²) in [4.78, 5) is 21.0. The minimum atomic E-state index is -3.50. The van der Waals surface area contributed by atoms with Crippen molar-refractivity contribution in [2.24, 2.45) is 0 Å². The van der Waals surface area contributed by atoms with Crippen LogP contribution in [-0.2, 0) is 5.38 Å². The van der Waals surface area contributed by atoms with Crippen LogP contribution in [0.2, 0.25) is 0 Å². The molecule has 0 atom stereocenters. The molecule has 0 radical (unpaired) electrons. The molecular weight excluding hydrogens is 236 g/mol. The molecule has 8 heteroatoms. The average Bonchev–Trinajstić information content (AvgIpc) is 2.01. The zero-order chi connectivity index (χ0) is 12.1. The van der Waals surface area contributed by atoms with E-state index in [0.717, 1.165) is 12.1 Å². The number of alkyl halides is 3. The Morgan fingerprint density at radius 3 is 2.13 bits per heavy atom. The largest absolute Gasteiger partial charge is 0.503 e. The van der Waals surface area contributed by atoms with Crippen molar-refractivity contribution in [2.45, 2.75) is 5.38 Å². The second-order valence-corrected chi connectivity index (χ2v) is 2.68. The first-order valence-electron chi connectivity index (χ1n) is 3.42. The van der Waals surface area contributed by atoms with Crippen molar-refractivity contribution >= 4 is 17.8 Å². The van der Waals surface area contributed by atoms with Crippen LogP contribution in [0.15, 0.2) is 23.0 Å². The van der Waals surface area contributed by atoms with Crippen LogP contribution in [0, 0.1) is 0 Å². The summed E-state index contributed by atoms with van der Waals surface area (Å²) in [6.45, 7) is 0. The Kier molecular flexibility index (Phi) is 4.72. The lowest BCUT2D eigenvalue weighted by molar-refractivity contribution is 0.0897. The summed E-state index contributed by atoms with van der Waals surface area (Å²) in [5, 5.41) is 10.4. The van der Waals surface area contributed by atoms with Gasteiger partial charge in [0.2, 0.25) is 5.56 Å². The maximum atomic E-state index is 12.2. The number of hydrogen-bond donors (Lipinski definition) is 3. The predicted octanol–water partition coefficient (Wildman–Crippen LogP) is 1.89. The third-order valence-corrected chi connectivity index (χ3v) is 1.28. The molecule has 0 aliphatic carbocycles. The van der Waals surface area contributed by atoms with E-state index in [4.69, 9.17) is 15.0 Å². The zero-order valence-corrected chi connectivity index (χ0v) is 7.83. The Morgan fingerprint density at radius 1 is 1.40 bits per heavy atom. The highest BCUT2D eigenvalue weighted by Gasteiger charge is 2.28. The molecule has 0 fully saturated rings. The van der Waals surface area contributed by atoms with Crippen molar-refractivity contribution in [3.63, 3.8) is 0 Å². The SMILES string of the molecule is O=C(O)O.O=c1cccc(C(F)(F)Cl)[nH]1. The van der Waals surface area contributed by atoms with Gasteiger partial charge in [-0.05, 0) is 17.7 Å². The smallest absolute Gasteiger partial charge is 0.450 e. The first-order valence-corrected chi connectivity index (χ1v) is 3.79. The van der Waals surface area contributed by atoms with Crippen molar-refractivity contribution in [3.05, 3.63) is 34.2 Å². The highest BCUT2D eigenvalue weighted by Crippen LogP contribution is 2.29. The van der Waals surface area contributed by atoms with Gasteiger partial charge < -0.3 is 15.2 Å². The maximum Gasteiger partial charge on any atom is 0.503 e. The van der Waals surface area contributed by atoms with E-state index in [0.29, 0.717) is 0 Å². The number of carbonyl (C=O) groups is 1. The second-order valence-electron chi connectivity index (χ2n) is 2.21. The summed E-state index contributed by atoms with van der Waals surface area (Å²) < 4.78 is 24.5. The molecule has 3 N–H and O–H groups in total. The lowest BCUT2D eigenvalue weighted by atomic mass is 10.4. The normalized spacial score (nSPS) is 10.1. The van der Waals surface area contributed by atoms with Gasteiger partial charge in [0.1, 0.15) is 5.69 Å². The molecule has 0 amide bonds. The van der Waals surface area contributed by atoms with Crippen LogP contribution < -0.4 is 5.56 Å². The Balaban J connectivity index is 0.000000423. The first-order chi connectivity index (χ1) is 6.73. The number of halogens is 3. The molecule has 0 aliphatic heterocycles. The number of rotatable bonds is 1. The van der Waals surface area contributed by atoms with E-state index < -0.39 is 22.8 Å². The summed E-state index contributed by atoms with van der Waals surface area (Å²) in [7, 11) is 0. The van der Waals surface area contributed by atoms with Gasteiger partial charge in [-0.3, -0.25) is 4.79 Å². The fourth-order valence-electron chi connectivity index (χ4n) is 0.613. The quantitative estimate of drug-likeness (QED) is 0.655. The zero-order valence-electron chi connectivity index (χ0n) is 7.08. The molecule has 0 aliphatic rings. The molecule has 1 aromatic rings.